The molecule has 1 aromatic carbocycles. The predicted molar refractivity (Wildman–Crippen MR) is 82.2 cm³/mol. The van der Waals surface area contributed by atoms with Gasteiger partial charge in [-0.15, -0.1) is 0 Å². The van der Waals surface area contributed by atoms with Crippen LogP contribution in [0.5, 0.6) is 5.75 Å². The molecular weight excluding hydrogens is 264 g/mol. The lowest BCUT2D eigenvalue weighted by Crippen LogP contribution is -2.38. The van der Waals surface area contributed by atoms with Gasteiger partial charge in [0, 0.05) is 13.1 Å². The monoisotopic (exact) mass is 288 g/mol. The number of benzene rings is 1. The highest BCUT2D eigenvalue weighted by Crippen LogP contribution is 2.35. The van der Waals surface area contributed by atoms with Crippen molar-refractivity contribution in [1.82, 2.24) is 10.2 Å². The number of hydrogen-bond donors (Lipinski definition) is 1. The first kappa shape index (κ1) is 14.4. The summed E-state index contributed by atoms with van der Waals surface area (Å²) in [5, 5.41) is 3.33. The van der Waals surface area contributed by atoms with Gasteiger partial charge in [-0.3, -0.25) is 4.79 Å². The minimum Gasteiger partial charge on any atom is -0.497 e. The molecule has 2 aliphatic rings. The molecule has 3 unspecified atom stereocenters. The number of rotatable bonds is 3. The van der Waals surface area contributed by atoms with Crippen molar-refractivity contribution < 1.29 is 9.53 Å². The van der Waals surface area contributed by atoms with Gasteiger partial charge < -0.3 is 15.0 Å². The molecule has 3 rings (SSSR count). The van der Waals surface area contributed by atoms with E-state index in [4.69, 9.17) is 4.74 Å². The van der Waals surface area contributed by atoms with Crippen molar-refractivity contribution in [3.63, 3.8) is 0 Å². The van der Waals surface area contributed by atoms with Gasteiger partial charge in [-0.1, -0.05) is 19.1 Å². The molecule has 4 nitrogen and oxygen atoms in total. The number of carbonyl (C=O) groups is 1. The largest absolute Gasteiger partial charge is 0.497 e. The lowest BCUT2D eigenvalue weighted by Gasteiger charge is -2.29. The van der Waals surface area contributed by atoms with E-state index in [0.717, 1.165) is 38.2 Å². The molecule has 4 heteroatoms. The number of nitrogens with zero attached hydrogens (tertiary/aromatic N) is 1. The lowest BCUT2D eigenvalue weighted by atomic mass is 9.95. The van der Waals surface area contributed by atoms with Crippen molar-refractivity contribution in [3.05, 3.63) is 29.8 Å². The Morgan fingerprint density at radius 2 is 2.05 bits per heavy atom. The van der Waals surface area contributed by atoms with Gasteiger partial charge in [-0.05, 0) is 43.0 Å². The summed E-state index contributed by atoms with van der Waals surface area (Å²) >= 11 is 0. The van der Waals surface area contributed by atoms with E-state index in [2.05, 4.69) is 29.3 Å². The quantitative estimate of drug-likeness (QED) is 0.927. The van der Waals surface area contributed by atoms with Crippen molar-refractivity contribution >= 4 is 5.91 Å². The van der Waals surface area contributed by atoms with E-state index >= 15 is 0 Å². The Morgan fingerprint density at radius 1 is 1.29 bits per heavy atom. The van der Waals surface area contributed by atoms with Crippen LogP contribution in [0.25, 0.3) is 0 Å². The maximum Gasteiger partial charge on any atom is 0.227 e. The Morgan fingerprint density at radius 3 is 2.67 bits per heavy atom. The van der Waals surface area contributed by atoms with Crippen molar-refractivity contribution in [1.29, 1.82) is 0 Å². The number of amides is 1. The van der Waals surface area contributed by atoms with Crippen LogP contribution in [0.2, 0.25) is 0 Å². The maximum atomic E-state index is 12.8. The first-order valence-corrected chi connectivity index (χ1v) is 7.86. The third-order valence-corrected chi connectivity index (χ3v) is 4.87. The highest BCUT2D eigenvalue weighted by molar-refractivity contribution is 5.80. The molecule has 2 fully saturated rings. The smallest absolute Gasteiger partial charge is 0.227 e. The zero-order valence-corrected chi connectivity index (χ0v) is 12.8. The summed E-state index contributed by atoms with van der Waals surface area (Å²) in [6.07, 6.45) is 2.16. The minimum absolute atomic E-state index is 0.142. The van der Waals surface area contributed by atoms with Gasteiger partial charge >= 0.3 is 0 Å². The van der Waals surface area contributed by atoms with Crippen LogP contribution < -0.4 is 10.1 Å². The van der Waals surface area contributed by atoms with Gasteiger partial charge in [0.15, 0.2) is 0 Å². The molecule has 2 aliphatic heterocycles. The summed E-state index contributed by atoms with van der Waals surface area (Å²) in [4.78, 5) is 14.9. The summed E-state index contributed by atoms with van der Waals surface area (Å²) in [7, 11) is 1.68. The fourth-order valence-corrected chi connectivity index (χ4v) is 3.56. The first-order chi connectivity index (χ1) is 10.2. The van der Waals surface area contributed by atoms with E-state index in [1.54, 1.807) is 7.11 Å². The molecule has 0 spiro atoms. The molecule has 0 radical (unpaired) electrons. The molecule has 2 saturated heterocycles. The molecule has 114 valence electrons. The second-order valence-corrected chi connectivity index (χ2v) is 6.20. The fraction of sp³-hybridized carbons (Fsp3) is 0.588. The molecule has 1 aromatic rings. The van der Waals surface area contributed by atoms with Gasteiger partial charge in [0.1, 0.15) is 5.75 Å². The van der Waals surface area contributed by atoms with Crippen molar-refractivity contribution in [3.8, 4) is 5.75 Å². The number of nitrogens with one attached hydrogen (secondary N) is 1. The molecular formula is C17H24N2O2. The van der Waals surface area contributed by atoms with Crippen molar-refractivity contribution in [2.45, 2.75) is 25.8 Å². The second kappa shape index (κ2) is 6.06. The maximum absolute atomic E-state index is 12.8. The number of likely N-dealkylation sites (tertiary alicyclic amines) is 1. The molecule has 1 amide bonds. The van der Waals surface area contributed by atoms with E-state index in [9.17, 15) is 4.79 Å². The number of methoxy groups -OCH3 is 1. The van der Waals surface area contributed by atoms with Crippen LogP contribution in [0, 0.1) is 11.8 Å². The zero-order valence-electron chi connectivity index (χ0n) is 12.8. The average Bonchev–Trinajstić information content (AvgIpc) is 3.15. The van der Waals surface area contributed by atoms with Crippen LogP contribution >= 0.6 is 0 Å². The van der Waals surface area contributed by atoms with Gasteiger partial charge in [0.25, 0.3) is 0 Å². The number of hydrogen-bond acceptors (Lipinski definition) is 3. The Balaban J connectivity index is 1.76. The Kier molecular flexibility index (Phi) is 4.15. The number of ether oxygens (including phenoxy) is 1. The molecule has 0 aromatic heterocycles. The molecule has 2 heterocycles. The highest BCUT2D eigenvalue weighted by Gasteiger charge is 2.37. The standard InChI is InChI=1S/C17H24N2O2/c1-12-10-18-11-15(12)17(20)19-9-3-4-16(19)13-5-7-14(21-2)8-6-13/h5-8,12,15-16,18H,3-4,9-11H2,1-2H3. The van der Waals surface area contributed by atoms with Crippen molar-refractivity contribution in [2.24, 2.45) is 11.8 Å². The van der Waals surface area contributed by atoms with E-state index < -0.39 is 0 Å². The lowest BCUT2D eigenvalue weighted by molar-refractivity contribution is -0.136. The second-order valence-electron chi connectivity index (χ2n) is 6.20. The molecule has 0 aliphatic carbocycles. The molecule has 3 atom stereocenters. The van der Waals surface area contributed by atoms with Gasteiger partial charge in [0.2, 0.25) is 5.91 Å². The Labute approximate surface area is 126 Å². The van der Waals surface area contributed by atoms with E-state index in [-0.39, 0.29) is 12.0 Å². The van der Waals surface area contributed by atoms with E-state index in [1.807, 2.05) is 12.1 Å². The van der Waals surface area contributed by atoms with Gasteiger partial charge in [-0.2, -0.15) is 0 Å². The SMILES string of the molecule is COc1ccc(C2CCCN2C(=O)C2CNCC2C)cc1. The molecule has 21 heavy (non-hydrogen) atoms. The van der Waals surface area contributed by atoms with Crippen LogP contribution in [-0.2, 0) is 4.79 Å². The minimum atomic E-state index is 0.142. The third-order valence-electron chi connectivity index (χ3n) is 4.87. The van der Waals surface area contributed by atoms with Crippen LogP contribution in [0.15, 0.2) is 24.3 Å². The van der Waals surface area contributed by atoms with E-state index in [0.29, 0.717) is 11.8 Å². The molecule has 0 saturated carbocycles. The number of carbonyl (C=O) groups excluding carboxylic acids is 1. The highest BCUT2D eigenvalue weighted by atomic mass is 16.5. The van der Waals surface area contributed by atoms with E-state index in [1.165, 1.54) is 5.56 Å². The summed E-state index contributed by atoms with van der Waals surface area (Å²) in [5.41, 5.74) is 1.22. The first-order valence-electron chi connectivity index (χ1n) is 7.86. The normalized spacial score (nSPS) is 28.9. The predicted octanol–water partition coefficient (Wildman–Crippen LogP) is 2.21. The van der Waals surface area contributed by atoms with Crippen LogP contribution in [-0.4, -0.2) is 37.6 Å². The Bertz CT molecular complexity index is 500. The topological polar surface area (TPSA) is 41.6 Å². The van der Waals surface area contributed by atoms with Crippen LogP contribution in [0.3, 0.4) is 0 Å². The summed E-state index contributed by atoms with van der Waals surface area (Å²) in [6.45, 7) is 4.84. The zero-order chi connectivity index (χ0) is 14.8. The summed E-state index contributed by atoms with van der Waals surface area (Å²) in [5.74, 6) is 1.77. The summed E-state index contributed by atoms with van der Waals surface area (Å²) < 4.78 is 5.21. The van der Waals surface area contributed by atoms with Gasteiger partial charge in [0.05, 0.1) is 19.1 Å². The third kappa shape index (κ3) is 2.77. The average molecular weight is 288 g/mol. The van der Waals surface area contributed by atoms with Gasteiger partial charge in [-0.25, -0.2) is 0 Å². The molecule has 1 N–H and O–H groups in total. The van der Waals surface area contributed by atoms with Crippen LogP contribution in [0.4, 0.5) is 0 Å². The summed E-state index contributed by atoms with van der Waals surface area (Å²) in [6, 6.07) is 8.37. The molecule has 0 bridgehead atoms. The fourth-order valence-electron chi connectivity index (χ4n) is 3.56. The van der Waals surface area contributed by atoms with Crippen molar-refractivity contribution in [2.75, 3.05) is 26.7 Å². The van der Waals surface area contributed by atoms with Crippen LogP contribution in [0.1, 0.15) is 31.4 Å². The Hall–Kier alpha value is -1.55.